The molecular formula is C11H21NO2. The predicted molar refractivity (Wildman–Crippen MR) is 56.2 cm³/mol. The molecule has 2 unspecified atom stereocenters. The van der Waals surface area contributed by atoms with Gasteiger partial charge in [0, 0.05) is 13.1 Å². The molecule has 0 aromatic rings. The highest BCUT2D eigenvalue weighted by molar-refractivity contribution is 5.77. The van der Waals surface area contributed by atoms with E-state index >= 15 is 0 Å². The second-order valence-corrected chi connectivity index (χ2v) is 4.91. The molecule has 0 aromatic carbocycles. The predicted octanol–water partition coefficient (Wildman–Crippen LogP) is 1.83. The minimum absolute atomic E-state index is 0.624. The minimum Gasteiger partial charge on any atom is -0.480 e. The van der Waals surface area contributed by atoms with Gasteiger partial charge in [0.2, 0.25) is 0 Å². The number of nitrogens with zero attached hydrogens (tertiary/aromatic N) is 1. The first-order valence-corrected chi connectivity index (χ1v) is 5.38. The van der Waals surface area contributed by atoms with Gasteiger partial charge in [0.25, 0.3) is 0 Å². The van der Waals surface area contributed by atoms with E-state index in [4.69, 9.17) is 5.11 Å². The van der Waals surface area contributed by atoms with Crippen LogP contribution in [0.4, 0.5) is 0 Å². The third kappa shape index (κ3) is 1.92. The van der Waals surface area contributed by atoms with Crippen LogP contribution in [0.1, 0.15) is 34.1 Å². The van der Waals surface area contributed by atoms with Crippen molar-refractivity contribution in [2.24, 2.45) is 11.8 Å². The van der Waals surface area contributed by atoms with E-state index in [1.165, 1.54) is 0 Å². The standard InChI is InChI=1S/C11H21NO2/c1-5-9-7-12(6-8(9)2)11(3,4)10(13)14/h8-9H,5-7H2,1-4H3,(H,13,14). The van der Waals surface area contributed by atoms with Crippen LogP contribution < -0.4 is 0 Å². The Morgan fingerprint density at radius 2 is 2.07 bits per heavy atom. The first-order valence-electron chi connectivity index (χ1n) is 5.38. The number of carbonyl (C=O) groups is 1. The molecule has 0 amide bonds. The SMILES string of the molecule is CCC1CN(C(C)(C)C(=O)O)CC1C. The second kappa shape index (κ2) is 3.89. The maximum Gasteiger partial charge on any atom is 0.323 e. The van der Waals surface area contributed by atoms with Crippen molar-refractivity contribution >= 4 is 5.97 Å². The molecule has 3 heteroatoms. The fraction of sp³-hybridized carbons (Fsp3) is 0.909. The highest BCUT2D eigenvalue weighted by atomic mass is 16.4. The summed E-state index contributed by atoms with van der Waals surface area (Å²) in [6, 6.07) is 0. The highest BCUT2D eigenvalue weighted by Crippen LogP contribution is 2.30. The molecule has 0 saturated carbocycles. The summed E-state index contributed by atoms with van der Waals surface area (Å²) in [5, 5.41) is 9.11. The van der Waals surface area contributed by atoms with Crippen LogP contribution in [-0.2, 0) is 4.79 Å². The number of aliphatic carboxylic acids is 1. The molecule has 82 valence electrons. The van der Waals surface area contributed by atoms with Gasteiger partial charge in [0.05, 0.1) is 0 Å². The third-order valence-corrected chi connectivity index (χ3v) is 3.61. The van der Waals surface area contributed by atoms with Crippen LogP contribution in [0.25, 0.3) is 0 Å². The molecule has 1 aliphatic rings. The molecule has 0 radical (unpaired) electrons. The third-order valence-electron chi connectivity index (χ3n) is 3.61. The van der Waals surface area contributed by atoms with Crippen molar-refractivity contribution in [1.82, 2.24) is 4.90 Å². The summed E-state index contributed by atoms with van der Waals surface area (Å²) in [7, 11) is 0. The van der Waals surface area contributed by atoms with Crippen LogP contribution in [-0.4, -0.2) is 34.6 Å². The van der Waals surface area contributed by atoms with Crippen molar-refractivity contribution in [2.75, 3.05) is 13.1 Å². The molecule has 1 rings (SSSR count). The van der Waals surface area contributed by atoms with E-state index < -0.39 is 11.5 Å². The van der Waals surface area contributed by atoms with Crippen LogP contribution in [0, 0.1) is 11.8 Å². The van der Waals surface area contributed by atoms with Gasteiger partial charge in [-0.05, 0) is 25.7 Å². The number of rotatable bonds is 3. The van der Waals surface area contributed by atoms with E-state index in [2.05, 4.69) is 18.7 Å². The van der Waals surface area contributed by atoms with Crippen LogP contribution in [0.3, 0.4) is 0 Å². The van der Waals surface area contributed by atoms with Gasteiger partial charge in [-0.2, -0.15) is 0 Å². The van der Waals surface area contributed by atoms with Crippen molar-refractivity contribution in [1.29, 1.82) is 0 Å². The van der Waals surface area contributed by atoms with Crippen molar-refractivity contribution in [3.63, 3.8) is 0 Å². The van der Waals surface area contributed by atoms with Crippen molar-refractivity contribution < 1.29 is 9.90 Å². The molecule has 0 bridgehead atoms. The molecule has 1 saturated heterocycles. The summed E-state index contributed by atoms with van der Waals surface area (Å²) in [6.07, 6.45) is 1.15. The summed E-state index contributed by atoms with van der Waals surface area (Å²) in [6.45, 7) is 9.82. The molecule has 0 aliphatic carbocycles. The molecule has 3 nitrogen and oxygen atoms in total. The smallest absolute Gasteiger partial charge is 0.323 e. The zero-order valence-corrected chi connectivity index (χ0v) is 9.58. The van der Waals surface area contributed by atoms with Crippen LogP contribution in [0.15, 0.2) is 0 Å². The number of hydrogen-bond acceptors (Lipinski definition) is 2. The van der Waals surface area contributed by atoms with Crippen LogP contribution in [0.5, 0.6) is 0 Å². The Kier molecular flexibility index (Phi) is 3.20. The lowest BCUT2D eigenvalue weighted by Gasteiger charge is -2.31. The normalized spacial score (nSPS) is 29.4. The van der Waals surface area contributed by atoms with Gasteiger partial charge in [-0.25, -0.2) is 0 Å². The first kappa shape index (κ1) is 11.5. The average molecular weight is 199 g/mol. The van der Waals surface area contributed by atoms with E-state index in [1.54, 1.807) is 13.8 Å². The lowest BCUT2D eigenvalue weighted by molar-refractivity contribution is -0.148. The molecular weight excluding hydrogens is 178 g/mol. The van der Waals surface area contributed by atoms with E-state index in [0.717, 1.165) is 19.5 Å². The van der Waals surface area contributed by atoms with Crippen LogP contribution in [0.2, 0.25) is 0 Å². The molecule has 1 fully saturated rings. The van der Waals surface area contributed by atoms with Gasteiger partial charge in [-0.3, -0.25) is 9.69 Å². The maximum absolute atomic E-state index is 11.1. The van der Waals surface area contributed by atoms with E-state index in [9.17, 15) is 4.79 Å². The Bertz CT molecular complexity index is 225. The largest absolute Gasteiger partial charge is 0.480 e. The van der Waals surface area contributed by atoms with Gasteiger partial charge in [-0.1, -0.05) is 20.3 Å². The Balaban J connectivity index is 2.69. The average Bonchev–Trinajstić information content (AvgIpc) is 2.47. The van der Waals surface area contributed by atoms with Crippen LogP contribution >= 0.6 is 0 Å². The van der Waals surface area contributed by atoms with Gasteiger partial charge >= 0.3 is 5.97 Å². The molecule has 0 spiro atoms. The number of carboxylic acids is 1. The number of carboxylic acid groups (broad SMARTS) is 1. The zero-order valence-electron chi connectivity index (χ0n) is 9.58. The molecule has 1 heterocycles. The second-order valence-electron chi connectivity index (χ2n) is 4.91. The fourth-order valence-electron chi connectivity index (χ4n) is 2.16. The molecule has 14 heavy (non-hydrogen) atoms. The molecule has 1 N–H and O–H groups in total. The summed E-state index contributed by atoms with van der Waals surface area (Å²) in [4.78, 5) is 13.2. The fourth-order valence-corrected chi connectivity index (χ4v) is 2.16. The van der Waals surface area contributed by atoms with Gasteiger partial charge < -0.3 is 5.11 Å². The Hall–Kier alpha value is -0.570. The summed E-state index contributed by atoms with van der Waals surface area (Å²) in [5.74, 6) is 0.564. The monoisotopic (exact) mass is 199 g/mol. The van der Waals surface area contributed by atoms with Gasteiger partial charge in [-0.15, -0.1) is 0 Å². The lowest BCUT2D eigenvalue weighted by atomic mass is 9.96. The quantitative estimate of drug-likeness (QED) is 0.754. The Morgan fingerprint density at radius 3 is 2.43 bits per heavy atom. The van der Waals surface area contributed by atoms with E-state index in [0.29, 0.717) is 11.8 Å². The highest BCUT2D eigenvalue weighted by Gasteiger charge is 2.41. The van der Waals surface area contributed by atoms with E-state index in [-0.39, 0.29) is 0 Å². The molecule has 0 aromatic heterocycles. The number of hydrogen-bond donors (Lipinski definition) is 1. The Labute approximate surface area is 86.1 Å². The summed E-state index contributed by atoms with van der Waals surface area (Å²) in [5.41, 5.74) is -0.710. The minimum atomic E-state index is -0.721. The van der Waals surface area contributed by atoms with Gasteiger partial charge in [0.15, 0.2) is 0 Å². The van der Waals surface area contributed by atoms with Gasteiger partial charge in [0.1, 0.15) is 5.54 Å². The zero-order chi connectivity index (χ0) is 10.9. The van der Waals surface area contributed by atoms with Crippen molar-refractivity contribution in [3.8, 4) is 0 Å². The topological polar surface area (TPSA) is 40.5 Å². The maximum atomic E-state index is 11.1. The number of likely N-dealkylation sites (tertiary alicyclic amines) is 1. The summed E-state index contributed by atoms with van der Waals surface area (Å²) >= 11 is 0. The summed E-state index contributed by atoms with van der Waals surface area (Å²) < 4.78 is 0. The molecule has 2 atom stereocenters. The van der Waals surface area contributed by atoms with Crippen molar-refractivity contribution in [2.45, 2.75) is 39.7 Å². The van der Waals surface area contributed by atoms with Crippen molar-refractivity contribution in [3.05, 3.63) is 0 Å². The lowest BCUT2D eigenvalue weighted by Crippen LogP contribution is -2.49. The Morgan fingerprint density at radius 1 is 1.50 bits per heavy atom. The van der Waals surface area contributed by atoms with E-state index in [1.807, 2.05) is 0 Å². The molecule has 1 aliphatic heterocycles. The first-order chi connectivity index (χ1) is 6.39.